The van der Waals surface area contributed by atoms with Gasteiger partial charge >= 0.3 is 0 Å². The second kappa shape index (κ2) is 9.21. The van der Waals surface area contributed by atoms with Crippen molar-refractivity contribution in [2.75, 3.05) is 38.3 Å². The first-order valence-electron chi connectivity index (χ1n) is 9.28. The molecule has 1 unspecified atom stereocenters. The van der Waals surface area contributed by atoms with Crippen molar-refractivity contribution in [1.82, 2.24) is 15.3 Å². The highest BCUT2D eigenvalue weighted by Gasteiger charge is 2.18. The Morgan fingerprint density at radius 3 is 2.59 bits per heavy atom. The Balaban J connectivity index is 1.43. The number of carbonyl (C=O) groups excluding carboxylic acids is 1. The zero-order chi connectivity index (χ0) is 19.1. The highest BCUT2D eigenvalue weighted by Crippen LogP contribution is 2.19. The molecule has 1 aromatic heterocycles. The Kier molecular flexibility index (Phi) is 6.46. The Hall–Kier alpha value is -2.83. The van der Waals surface area contributed by atoms with E-state index in [4.69, 9.17) is 9.47 Å². The minimum absolute atomic E-state index is 0.202. The third-order valence-electron chi connectivity index (χ3n) is 4.56. The smallest absolute Gasteiger partial charge is 0.254 e. The van der Waals surface area contributed by atoms with E-state index in [0.29, 0.717) is 30.6 Å². The summed E-state index contributed by atoms with van der Waals surface area (Å²) in [6.07, 6.45) is 5.57. The van der Waals surface area contributed by atoms with Gasteiger partial charge in [0.1, 0.15) is 18.1 Å². The van der Waals surface area contributed by atoms with Gasteiger partial charge in [-0.05, 0) is 43.0 Å². The summed E-state index contributed by atoms with van der Waals surface area (Å²) in [5.41, 5.74) is 0.452. The number of piperidine rings is 1. The number of ether oxygens (including phenoxy) is 2. The van der Waals surface area contributed by atoms with E-state index in [2.05, 4.69) is 27.1 Å². The summed E-state index contributed by atoms with van der Waals surface area (Å²) in [6, 6.07) is 7.31. The zero-order valence-corrected chi connectivity index (χ0v) is 15.9. The SMILES string of the molecule is COc1ccc(OCCNC(=O)c2cnc(N3CCCC(C)C3)nc2)cc1. The molecule has 0 spiro atoms. The second-order valence-corrected chi connectivity index (χ2v) is 6.75. The molecule has 0 saturated carbocycles. The van der Waals surface area contributed by atoms with Gasteiger partial charge in [0, 0.05) is 25.5 Å². The van der Waals surface area contributed by atoms with Crippen molar-refractivity contribution in [3.05, 3.63) is 42.2 Å². The van der Waals surface area contributed by atoms with Crippen LogP contribution in [-0.4, -0.2) is 49.2 Å². The Morgan fingerprint density at radius 1 is 1.22 bits per heavy atom. The van der Waals surface area contributed by atoms with Gasteiger partial charge in [0.25, 0.3) is 5.91 Å². The molecule has 27 heavy (non-hydrogen) atoms. The maximum Gasteiger partial charge on any atom is 0.254 e. The van der Waals surface area contributed by atoms with E-state index < -0.39 is 0 Å². The molecule has 1 atom stereocenters. The number of hydrogen-bond donors (Lipinski definition) is 1. The van der Waals surface area contributed by atoms with Crippen LogP contribution in [0, 0.1) is 5.92 Å². The minimum Gasteiger partial charge on any atom is -0.497 e. The van der Waals surface area contributed by atoms with Crippen LogP contribution in [0.4, 0.5) is 5.95 Å². The van der Waals surface area contributed by atoms with Crippen LogP contribution in [0.15, 0.2) is 36.7 Å². The molecule has 3 rings (SSSR count). The first kappa shape index (κ1) is 18.9. The fourth-order valence-electron chi connectivity index (χ4n) is 3.08. The molecule has 7 heteroatoms. The normalized spacial score (nSPS) is 16.7. The number of nitrogens with one attached hydrogen (secondary N) is 1. The number of rotatable bonds is 7. The molecule has 1 N–H and O–H groups in total. The van der Waals surface area contributed by atoms with Gasteiger partial charge in [0.15, 0.2) is 0 Å². The van der Waals surface area contributed by atoms with Gasteiger partial charge in [-0.3, -0.25) is 4.79 Å². The summed E-state index contributed by atoms with van der Waals surface area (Å²) in [4.78, 5) is 23.1. The lowest BCUT2D eigenvalue weighted by atomic mass is 10.0. The molecular weight excluding hydrogens is 344 g/mol. The zero-order valence-electron chi connectivity index (χ0n) is 15.9. The van der Waals surface area contributed by atoms with Gasteiger partial charge in [-0.1, -0.05) is 6.92 Å². The fourth-order valence-corrected chi connectivity index (χ4v) is 3.08. The topological polar surface area (TPSA) is 76.6 Å². The Bertz CT molecular complexity index is 734. The van der Waals surface area contributed by atoms with E-state index in [1.54, 1.807) is 19.5 Å². The molecule has 0 aliphatic carbocycles. The molecule has 1 amide bonds. The summed E-state index contributed by atoms with van der Waals surface area (Å²) < 4.78 is 10.7. The number of hydrogen-bond acceptors (Lipinski definition) is 6. The number of nitrogens with zero attached hydrogens (tertiary/aromatic N) is 3. The maximum atomic E-state index is 12.2. The van der Waals surface area contributed by atoms with Crippen molar-refractivity contribution in [2.24, 2.45) is 5.92 Å². The van der Waals surface area contributed by atoms with E-state index in [9.17, 15) is 4.79 Å². The third kappa shape index (κ3) is 5.32. The van der Waals surface area contributed by atoms with Gasteiger partial charge in [0.05, 0.1) is 19.2 Å². The molecule has 1 saturated heterocycles. The molecule has 144 valence electrons. The highest BCUT2D eigenvalue weighted by molar-refractivity contribution is 5.93. The standard InChI is InChI=1S/C20H26N4O3/c1-15-4-3-10-24(14-15)20-22-12-16(13-23-20)19(25)21-9-11-27-18-7-5-17(26-2)6-8-18/h5-8,12-13,15H,3-4,9-11,14H2,1-2H3,(H,21,25). The third-order valence-corrected chi connectivity index (χ3v) is 4.56. The van der Waals surface area contributed by atoms with E-state index in [0.717, 1.165) is 31.0 Å². The van der Waals surface area contributed by atoms with E-state index in [1.165, 1.54) is 6.42 Å². The number of amides is 1. The van der Waals surface area contributed by atoms with Crippen LogP contribution >= 0.6 is 0 Å². The lowest BCUT2D eigenvalue weighted by Crippen LogP contribution is -2.35. The monoisotopic (exact) mass is 370 g/mol. The van der Waals surface area contributed by atoms with Crippen molar-refractivity contribution in [3.63, 3.8) is 0 Å². The van der Waals surface area contributed by atoms with Crippen molar-refractivity contribution in [3.8, 4) is 11.5 Å². The first-order valence-corrected chi connectivity index (χ1v) is 9.28. The molecule has 2 heterocycles. The number of methoxy groups -OCH3 is 1. The summed E-state index contributed by atoms with van der Waals surface area (Å²) >= 11 is 0. The second-order valence-electron chi connectivity index (χ2n) is 6.75. The van der Waals surface area contributed by atoms with E-state index >= 15 is 0 Å². The Morgan fingerprint density at radius 2 is 1.93 bits per heavy atom. The summed E-state index contributed by atoms with van der Waals surface area (Å²) in [6.45, 7) is 4.95. The minimum atomic E-state index is -0.202. The average molecular weight is 370 g/mol. The molecule has 1 fully saturated rings. The average Bonchev–Trinajstić information content (AvgIpc) is 2.71. The summed E-state index contributed by atoms with van der Waals surface area (Å²) in [7, 11) is 1.62. The van der Waals surface area contributed by atoms with Crippen LogP contribution in [0.1, 0.15) is 30.1 Å². The molecule has 7 nitrogen and oxygen atoms in total. The van der Waals surface area contributed by atoms with Crippen LogP contribution in [0.2, 0.25) is 0 Å². The number of benzene rings is 1. The summed E-state index contributed by atoms with van der Waals surface area (Å²) in [5, 5.41) is 2.82. The molecular formula is C20H26N4O3. The number of carbonyl (C=O) groups is 1. The van der Waals surface area contributed by atoms with Crippen LogP contribution in [-0.2, 0) is 0 Å². The van der Waals surface area contributed by atoms with Crippen molar-refractivity contribution >= 4 is 11.9 Å². The van der Waals surface area contributed by atoms with Gasteiger partial charge in [0.2, 0.25) is 5.95 Å². The van der Waals surface area contributed by atoms with E-state index in [-0.39, 0.29) is 5.91 Å². The predicted octanol–water partition coefficient (Wildman–Crippen LogP) is 2.53. The van der Waals surface area contributed by atoms with Crippen LogP contribution < -0.4 is 19.7 Å². The summed E-state index contributed by atoms with van der Waals surface area (Å²) in [5.74, 6) is 2.65. The molecule has 0 radical (unpaired) electrons. The molecule has 1 aliphatic rings. The lowest BCUT2D eigenvalue weighted by Gasteiger charge is -2.30. The van der Waals surface area contributed by atoms with Gasteiger partial charge in [-0.25, -0.2) is 9.97 Å². The van der Waals surface area contributed by atoms with Crippen LogP contribution in [0.3, 0.4) is 0 Å². The molecule has 2 aromatic rings. The van der Waals surface area contributed by atoms with Crippen molar-refractivity contribution in [1.29, 1.82) is 0 Å². The number of aromatic nitrogens is 2. The van der Waals surface area contributed by atoms with Crippen LogP contribution in [0.25, 0.3) is 0 Å². The van der Waals surface area contributed by atoms with Gasteiger partial charge in [-0.15, -0.1) is 0 Å². The van der Waals surface area contributed by atoms with Gasteiger partial charge in [-0.2, -0.15) is 0 Å². The lowest BCUT2D eigenvalue weighted by molar-refractivity contribution is 0.0946. The Labute approximate surface area is 159 Å². The largest absolute Gasteiger partial charge is 0.497 e. The first-order chi connectivity index (χ1) is 13.2. The van der Waals surface area contributed by atoms with Crippen molar-refractivity contribution < 1.29 is 14.3 Å². The van der Waals surface area contributed by atoms with Crippen LogP contribution in [0.5, 0.6) is 11.5 Å². The molecule has 1 aromatic carbocycles. The number of anilines is 1. The van der Waals surface area contributed by atoms with E-state index in [1.807, 2.05) is 24.3 Å². The molecule has 1 aliphatic heterocycles. The van der Waals surface area contributed by atoms with Crippen molar-refractivity contribution in [2.45, 2.75) is 19.8 Å². The predicted molar refractivity (Wildman–Crippen MR) is 103 cm³/mol. The quantitative estimate of drug-likeness (QED) is 0.755. The fraction of sp³-hybridized carbons (Fsp3) is 0.450. The maximum absolute atomic E-state index is 12.2. The van der Waals surface area contributed by atoms with Gasteiger partial charge < -0.3 is 19.7 Å². The molecule has 0 bridgehead atoms. The highest BCUT2D eigenvalue weighted by atomic mass is 16.5.